The maximum Gasteiger partial charge on any atom is 0.274 e. The van der Waals surface area contributed by atoms with Gasteiger partial charge < -0.3 is 10.2 Å². The van der Waals surface area contributed by atoms with Gasteiger partial charge in [-0.25, -0.2) is 4.98 Å². The standard InChI is InChI=1S/C18H19N3O2S/c1-11(22)19-18-20-15(10-24-18)17(23)21(13-7-8-13)16-9-6-12-4-2-3-5-14(12)16/h2-5,10,13,16H,6-9H2,1H3,(H,19,20,22)/t16-/m1/s1. The predicted molar refractivity (Wildman–Crippen MR) is 93.1 cm³/mol. The summed E-state index contributed by atoms with van der Waals surface area (Å²) in [5, 5.41) is 4.87. The van der Waals surface area contributed by atoms with E-state index in [1.54, 1.807) is 5.38 Å². The van der Waals surface area contributed by atoms with Crippen LogP contribution in [0.4, 0.5) is 5.13 Å². The monoisotopic (exact) mass is 341 g/mol. The van der Waals surface area contributed by atoms with Crippen molar-refractivity contribution >= 4 is 28.3 Å². The zero-order valence-corrected chi connectivity index (χ0v) is 14.3. The van der Waals surface area contributed by atoms with Crippen molar-refractivity contribution in [1.82, 2.24) is 9.88 Å². The van der Waals surface area contributed by atoms with Crippen LogP contribution in [0.3, 0.4) is 0 Å². The molecule has 2 aliphatic rings. The minimum absolute atomic E-state index is 0.0212. The van der Waals surface area contributed by atoms with E-state index in [9.17, 15) is 9.59 Å². The molecule has 1 N–H and O–H groups in total. The average molecular weight is 341 g/mol. The van der Waals surface area contributed by atoms with Crippen molar-refractivity contribution in [3.05, 3.63) is 46.5 Å². The predicted octanol–water partition coefficient (Wildman–Crippen LogP) is 3.39. The number of aryl methyl sites for hydroxylation is 1. The van der Waals surface area contributed by atoms with E-state index >= 15 is 0 Å². The Kier molecular flexibility index (Phi) is 3.84. The van der Waals surface area contributed by atoms with Gasteiger partial charge in [0.2, 0.25) is 5.91 Å². The number of hydrogen-bond acceptors (Lipinski definition) is 4. The van der Waals surface area contributed by atoms with E-state index in [4.69, 9.17) is 0 Å². The van der Waals surface area contributed by atoms with E-state index in [1.807, 2.05) is 11.0 Å². The highest BCUT2D eigenvalue weighted by Crippen LogP contribution is 2.42. The van der Waals surface area contributed by atoms with Crippen molar-refractivity contribution in [2.24, 2.45) is 0 Å². The highest BCUT2D eigenvalue weighted by molar-refractivity contribution is 7.14. The van der Waals surface area contributed by atoms with Crippen LogP contribution in [0.25, 0.3) is 0 Å². The Morgan fingerprint density at radius 3 is 2.79 bits per heavy atom. The number of anilines is 1. The summed E-state index contributed by atoms with van der Waals surface area (Å²) < 4.78 is 0. The molecule has 0 radical (unpaired) electrons. The molecule has 1 saturated carbocycles. The fourth-order valence-electron chi connectivity index (χ4n) is 3.45. The number of thiazole rings is 1. The van der Waals surface area contributed by atoms with E-state index in [0.29, 0.717) is 16.9 Å². The highest BCUT2D eigenvalue weighted by atomic mass is 32.1. The Balaban J connectivity index is 1.61. The summed E-state index contributed by atoms with van der Waals surface area (Å²) >= 11 is 1.29. The van der Waals surface area contributed by atoms with Gasteiger partial charge >= 0.3 is 0 Å². The van der Waals surface area contributed by atoms with E-state index in [1.165, 1.54) is 29.4 Å². The van der Waals surface area contributed by atoms with Crippen molar-refractivity contribution in [3.63, 3.8) is 0 Å². The third-order valence-corrected chi connectivity index (χ3v) is 5.38. The fourth-order valence-corrected chi connectivity index (χ4v) is 4.18. The summed E-state index contributed by atoms with van der Waals surface area (Å²) in [6, 6.07) is 8.86. The van der Waals surface area contributed by atoms with Crippen molar-refractivity contribution in [1.29, 1.82) is 0 Å². The smallest absolute Gasteiger partial charge is 0.274 e. The van der Waals surface area contributed by atoms with Crippen molar-refractivity contribution in [2.75, 3.05) is 5.32 Å². The fraction of sp³-hybridized carbons (Fsp3) is 0.389. The lowest BCUT2D eigenvalue weighted by Gasteiger charge is -2.29. The summed E-state index contributed by atoms with van der Waals surface area (Å²) in [6.45, 7) is 1.44. The van der Waals surface area contributed by atoms with Crippen molar-refractivity contribution in [3.8, 4) is 0 Å². The van der Waals surface area contributed by atoms with Crippen LogP contribution in [0.15, 0.2) is 29.6 Å². The summed E-state index contributed by atoms with van der Waals surface area (Å²) in [5.41, 5.74) is 3.05. The first-order valence-corrected chi connectivity index (χ1v) is 9.15. The van der Waals surface area contributed by atoms with Gasteiger partial charge in [-0.1, -0.05) is 24.3 Å². The zero-order valence-electron chi connectivity index (χ0n) is 13.5. The molecule has 124 valence electrons. The second-order valence-corrected chi connectivity index (χ2v) is 7.27. The minimum Gasteiger partial charge on any atom is -0.327 e. The van der Waals surface area contributed by atoms with Gasteiger partial charge in [0.1, 0.15) is 5.69 Å². The number of nitrogens with one attached hydrogen (secondary N) is 1. The molecule has 0 spiro atoms. The first-order valence-electron chi connectivity index (χ1n) is 8.27. The molecule has 5 nitrogen and oxygen atoms in total. The number of aromatic nitrogens is 1. The molecule has 1 aromatic carbocycles. The van der Waals surface area contributed by atoms with Crippen LogP contribution < -0.4 is 5.32 Å². The molecule has 1 heterocycles. The van der Waals surface area contributed by atoms with Crippen LogP contribution in [0.1, 0.15) is 53.8 Å². The molecule has 1 fully saturated rings. The number of rotatable bonds is 4. The van der Waals surface area contributed by atoms with Crippen LogP contribution in [0.5, 0.6) is 0 Å². The molecule has 0 saturated heterocycles. The lowest BCUT2D eigenvalue weighted by atomic mass is 10.1. The molecule has 2 amide bonds. The molecule has 2 aromatic rings. The van der Waals surface area contributed by atoms with Gasteiger partial charge in [0.15, 0.2) is 5.13 Å². The Bertz CT molecular complexity index is 797. The summed E-state index contributed by atoms with van der Waals surface area (Å²) in [5.74, 6) is -0.195. The van der Waals surface area contributed by atoms with Gasteiger partial charge in [0.05, 0.1) is 6.04 Å². The van der Waals surface area contributed by atoms with Crippen LogP contribution in [0.2, 0.25) is 0 Å². The molecule has 1 aromatic heterocycles. The number of amides is 2. The largest absolute Gasteiger partial charge is 0.327 e. The third kappa shape index (κ3) is 2.82. The molecular weight excluding hydrogens is 322 g/mol. The lowest BCUT2D eigenvalue weighted by Crippen LogP contribution is -2.36. The maximum atomic E-state index is 13.1. The molecule has 24 heavy (non-hydrogen) atoms. The van der Waals surface area contributed by atoms with E-state index in [2.05, 4.69) is 28.5 Å². The maximum absolute atomic E-state index is 13.1. The van der Waals surface area contributed by atoms with Crippen LogP contribution in [-0.4, -0.2) is 27.7 Å². The minimum atomic E-state index is -0.174. The Labute approximate surface area is 144 Å². The van der Waals surface area contributed by atoms with E-state index in [-0.39, 0.29) is 17.9 Å². The zero-order chi connectivity index (χ0) is 16.7. The number of fused-ring (bicyclic) bond motifs is 1. The van der Waals surface area contributed by atoms with Crippen LogP contribution >= 0.6 is 11.3 Å². The van der Waals surface area contributed by atoms with Crippen LogP contribution in [-0.2, 0) is 11.2 Å². The highest BCUT2D eigenvalue weighted by Gasteiger charge is 2.41. The van der Waals surface area contributed by atoms with Gasteiger partial charge in [0, 0.05) is 18.3 Å². The van der Waals surface area contributed by atoms with E-state index in [0.717, 1.165) is 25.7 Å². The van der Waals surface area contributed by atoms with Crippen LogP contribution in [0, 0.1) is 0 Å². The van der Waals surface area contributed by atoms with Crippen molar-refractivity contribution in [2.45, 2.75) is 44.7 Å². The number of nitrogens with zero attached hydrogens (tertiary/aromatic N) is 2. The molecule has 0 unspecified atom stereocenters. The quantitative estimate of drug-likeness (QED) is 0.927. The Morgan fingerprint density at radius 1 is 1.25 bits per heavy atom. The van der Waals surface area contributed by atoms with Gasteiger partial charge in [-0.3, -0.25) is 9.59 Å². The lowest BCUT2D eigenvalue weighted by molar-refractivity contribution is -0.114. The first-order chi connectivity index (χ1) is 11.6. The second kappa shape index (κ2) is 6.02. The number of carbonyl (C=O) groups excluding carboxylic acids is 2. The first kappa shape index (κ1) is 15.3. The molecular formula is C18H19N3O2S. The molecule has 0 aliphatic heterocycles. The number of hydrogen-bond donors (Lipinski definition) is 1. The number of carbonyl (C=O) groups is 2. The normalized spacial score (nSPS) is 19.0. The second-order valence-electron chi connectivity index (χ2n) is 6.42. The molecule has 0 bridgehead atoms. The van der Waals surface area contributed by atoms with Gasteiger partial charge in [-0.05, 0) is 36.8 Å². The number of benzene rings is 1. The Morgan fingerprint density at radius 2 is 2.04 bits per heavy atom. The summed E-state index contributed by atoms with van der Waals surface area (Å²) in [4.78, 5) is 30.6. The van der Waals surface area contributed by atoms with Crippen molar-refractivity contribution < 1.29 is 9.59 Å². The average Bonchev–Trinajstić information content (AvgIpc) is 3.13. The molecule has 2 aliphatic carbocycles. The Hall–Kier alpha value is -2.21. The van der Waals surface area contributed by atoms with Gasteiger partial charge in [0.25, 0.3) is 5.91 Å². The summed E-state index contributed by atoms with van der Waals surface area (Å²) in [7, 11) is 0. The molecule has 4 rings (SSSR count). The molecule has 6 heteroatoms. The summed E-state index contributed by atoms with van der Waals surface area (Å²) in [6.07, 6.45) is 4.12. The van der Waals surface area contributed by atoms with E-state index < -0.39 is 0 Å². The van der Waals surface area contributed by atoms with Gasteiger partial charge in [-0.2, -0.15) is 0 Å². The van der Waals surface area contributed by atoms with Gasteiger partial charge in [-0.15, -0.1) is 11.3 Å². The molecule has 1 atom stereocenters. The topological polar surface area (TPSA) is 62.3 Å². The third-order valence-electron chi connectivity index (χ3n) is 4.62. The SMILES string of the molecule is CC(=O)Nc1nc(C(=O)N(C2CC2)[C@@H]2CCc3ccccc32)cs1.